The minimum atomic E-state index is -3.71. The Morgan fingerprint density at radius 2 is 1.79 bits per heavy atom. The van der Waals surface area contributed by atoms with Crippen molar-refractivity contribution < 1.29 is 21.6 Å². The maximum Gasteiger partial charge on any atom is 0.240 e. The van der Waals surface area contributed by atoms with E-state index in [0.717, 1.165) is 10.6 Å². The summed E-state index contributed by atoms with van der Waals surface area (Å²) in [4.78, 5) is 0.0910. The highest BCUT2D eigenvalue weighted by atomic mass is 32.2. The van der Waals surface area contributed by atoms with E-state index in [2.05, 4.69) is 11.3 Å². The van der Waals surface area contributed by atoms with Crippen LogP contribution in [0.25, 0.3) is 0 Å². The van der Waals surface area contributed by atoms with Crippen LogP contribution < -0.4 is 9.46 Å². The van der Waals surface area contributed by atoms with Crippen LogP contribution in [0.4, 0.5) is 0 Å². The quantitative estimate of drug-likeness (QED) is 0.620. The fourth-order valence-corrected chi connectivity index (χ4v) is 3.71. The second-order valence-electron chi connectivity index (χ2n) is 5.45. The molecule has 0 aliphatic carbocycles. The first-order chi connectivity index (χ1) is 11.1. The number of benzene rings is 1. The van der Waals surface area contributed by atoms with E-state index in [1.165, 1.54) is 18.2 Å². The molecule has 0 bridgehead atoms. The third kappa shape index (κ3) is 6.60. The zero-order valence-corrected chi connectivity index (χ0v) is 15.7. The summed E-state index contributed by atoms with van der Waals surface area (Å²) in [5.74, 6) is 0.582. The highest BCUT2D eigenvalue weighted by Crippen LogP contribution is 2.16. The maximum absolute atomic E-state index is 12.2. The maximum atomic E-state index is 12.2. The summed E-state index contributed by atoms with van der Waals surface area (Å²) >= 11 is 0. The lowest BCUT2D eigenvalue weighted by Crippen LogP contribution is -2.38. The van der Waals surface area contributed by atoms with Gasteiger partial charge in [0, 0.05) is 19.6 Å². The van der Waals surface area contributed by atoms with Gasteiger partial charge in [-0.3, -0.25) is 0 Å². The molecular formula is C15H24N2O5S2. The number of hydrogen-bond acceptors (Lipinski definition) is 5. The van der Waals surface area contributed by atoms with Gasteiger partial charge in [-0.25, -0.2) is 21.6 Å². The molecular weight excluding hydrogens is 352 g/mol. The zero-order chi connectivity index (χ0) is 18.4. The molecule has 0 aliphatic rings. The minimum absolute atomic E-state index is 0.00239. The Morgan fingerprint density at radius 3 is 2.25 bits per heavy atom. The van der Waals surface area contributed by atoms with Gasteiger partial charge in [-0.1, -0.05) is 6.08 Å². The average Bonchev–Trinajstić information content (AvgIpc) is 2.45. The zero-order valence-electron chi connectivity index (χ0n) is 14.1. The summed E-state index contributed by atoms with van der Waals surface area (Å²) < 4.78 is 56.5. The Bertz CT molecular complexity index is 741. The van der Waals surface area contributed by atoms with Gasteiger partial charge in [0.2, 0.25) is 20.0 Å². The van der Waals surface area contributed by atoms with Crippen molar-refractivity contribution in [1.29, 1.82) is 0 Å². The molecule has 9 heteroatoms. The molecule has 1 rings (SSSR count). The van der Waals surface area contributed by atoms with Crippen LogP contribution in [-0.4, -0.2) is 53.1 Å². The number of nitrogens with one attached hydrogen (secondary N) is 1. The van der Waals surface area contributed by atoms with Crippen molar-refractivity contribution in [3.05, 3.63) is 36.9 Å². The molecule has 0 saturated heterocycles. The summed E-state index contributed by atoms with van der Waals surface area (Å²) in [6.45, 7) is 7.37. The molecule has 0 fully saturated rings. The number of rotatable bonds is 10. The predicted molar refractivity (Wildman–Crippen MR) is 94.0 cm³/mol. The molecule has 0 aromatic heterocycles. The summed E-state index contributed by atoms with van der Waals surface area (Å²) in [5, 5.41) is 0. The van der Waals surface area contributed by atoms with Crippen LogP contribution in [0.1, 0.15) is 13.8 Å². The van der Waals surface area contributed by atoms with E-state index in [1.807, 2.05) is 13.8 Å². The fraction of sp³-hybridized carbons (Fsp3) is 0.467. The average molecular weight is 377 g/mol. The van der Waals surface area contributed by atoms with Gasteiger partial charge in [0.25, 0.3) is 0 Å². The van der Waals surface area contributed by atoms with Crippen molar-refractivity contribution in [2.45, 2.75) is 24.8 Å². The summed E-state index contributed by atoms with van der Waals surface area (Å²) in [6, 6.07) is 6.04. The Labute approximate surface area is 144 Å². The number of ether oxygens (including phenoxy) is 1. The van der Waals surface area contributed by atoms with Crippen LogP contribution >= 0.6 is 0 Å². The van der Waals surface area contributed by atoms with E-state index in [4.69, 9.17) is 4.74 Å². The number of sulfonamides is 2. The Kier molecular flexibility index (Phi) is 7.40. The van der Waals surface area contributed by atoms with Crippen molar-refractivity contribution in [2.24, 2.45) is 0 Å². The van der Waals surface area contributed by atoms with Crippen LogP contribution in [0.15, 0.2) is 41.8 Å². The van der Waals surface area contributed by atoms with Gasteiger partial charge in [-0.2, -0.15) is 4.31 Å². The molecule has 0 amide bonds. The number of nitrogens with zero attached hydrogens (tertiary/aromatic N) is 1. The van der Waals surface area contributed by atoms with Gasteiger partial charge in [0.15, 0.2) is 0 Å². The van der Waals surface area contributed by atoms with Gasteiger partial charge >= 0.3 is 0 Å². The molecule has 1 aromatic carbocycles. The van der Waals surface area contributed by atoms with Gasteiger partial charge in [0.1, 0.15) is 5.75 Å². The van der Waals surface area contributed by atoms with Gasteiger partial charge in [-0.05, 0) is 38.1 Å². The first kappa shape index (κ1) is 20.6. The SMILES string of the molecule is C=CCN(CCNS(=O)(=O)c1ccc(OC(C)C)cc1)S(C)(=O)=O. The molecule has 1 aromatic rings. The molecule has 1 N–H and O–H groups in total. The van der Waals surface area contributed by atoms with Crippen molar-refractivity contribution in [3.63, 3.8) is 0 Å². The Morgan fingerprint density at radius 1 is 1.21 bits per heavy atom. The predicted octanol–water partition coefficient (Wildman–Crippen LogP) is 1.20. The Balaban J connectivity index is 2.71. The summed E-state index contributed by atoms with van der Waals surface area (Å²) in [6.07, 6.45) is 2.51. The van der Waals surface area contributed by atoms with Crippen molar-refractivity contribution in [2.75, 3.05) is 25.9 Å². The van der Waals surface area contributed by atoms with E-state index in [1.54, 1.807) is 12.1 Å². The van der Waals surface area contributed by atoms with Gasteiger partial charge in [-0.15, -0.1) is 6.58 Å². The van der Waals surface area contributed by atoms with Crippen LogP contribution in [0.2, 0.25) is 0 Å². The molecule has 0 atom stereocenters. The third-order valence-electron chi connectivity index (χ3n) is 2.96. The first-order valence-corrected chi connectivity index (χ1v) is 10.7. The second kappa shape index (κ2) is 8.61. The van der Waals surface area contributed by atoms with Gasteiger partial charge in [0.05, 0.1) is 17.3 Å². The summed E-state index contributed by atoms with van der Waals surface area (Å²) in [5.41, 5.74) is 0. The molecule has 0 heterocycles. The normalized spacial score (nSPS) is 12.5. The second-order valence-corrected chi connectivity index (χ2v) is 9.19. The van der Waals surface area contributed by atoms with Crippen LogP contribution in [-0.2, 0) is 20.0 Å². The fourth-order valence-electron chi connectivity index (χ4n) is 1.89. The molecule has 7 nitrogen and oxygen atoms in total. The van der Waals surface area contributed by atoms with Crippen LogP contribution in [0.3, 0.4) is 0 Å². The first-order valence-electron chi connectivity index (χ1n) is 7.38. The van der Waals surface area contributed by atoms with Crippen LogP contribution in [0.5, 0.6) is 5.75 Å². The van der Waals surface area contributed by atoms with E-state index in [9.17, 15) is 16.8 Å². The van der Waals surface area contributed by atoms with E-state index >= 15 is 0 Å². The molecule has 136 valence electrons. The lowest BCUT2D eigenvalue weighted by molar-refractivity contribution is 0.242. The summed E-state index contributed by atoms with van der Waals surface area (Å²) in [7, 11) is -7.13. The third-order valence-corrected chi connectivity index (χ3v) is 5.71. The van der Waals surface area contributed by atoms with Crippen LogP contribution in [0, 0.1) is 0 Å². The van der Waals surface area contributed by atoms with Crippen molar-refractivity contribution >= 4 is 20.0 Å². The molecule has 24 heavy (non-hydrogen) atoms. The lowest BCUT2D eigenvalue weighted by Gasteiger charge is -2.18. The Hall–Kier alpha value is -1.42. The van der Waals surface area contributed by atoms with Crippen molar-refractivity contribution in [1.82, 2.24) is 9.03 Å². The van der Waals surface area contributed by atoms with E-state index in [0.29, 0.717) is 5.75 Å². The molecule has 0 unspecified atom stereocenters. The molecule has 0 spiro atoms. The van der Waals surface area contributed by atoms with E-state index in [-0.39, 0.29) is 30.6 Å². The van der Waals surface area contributed by atoms with Crippen molar-refractivity contribution in [3.8, 4) is 5.75 Å². The molecule has 0 saturated carbocycles. The number of hydrogen-bond donors (Lipinski definition) is 1. The highest BCUT2D eigenvalue weighted by Gasteiger charge is 2.18. The molecule has 0 aliphatic heterocycles. The topological polar surface area (TPSA) is 92.8 Å². The highest BCUT2D eigenvalue weighted by molar-refractivity contribution is 7.89. The molecule has 0 radical (unpaired) electrons. The monoisotopic (exact) mass is 376 g/mol. The minimum Gasteiger partial charge on any atom is -0.491 e. The largest absolute Gasteiger partial charge is 0.491 e. The van der Waals surface area contributed by atoms with E-state index < -0.39 is 20.0 Å². The standard InChI is InChI=1S/C15H24N2O5S2/c1-5-11-17(23(4,18)19)12-10-16-24(20,21)15-8-6-14(7-9-15)22-13(2)3/h5-9,13,16H,1,10-12H2,2-4H3. The smallest absolute Gasteiger partial charge is 0.240 e. The lowest BCUT2D eigenvalue weighted by atomic mass is 10.3. The van der Waals surface area contributed by atoms with Gasteiger partial charge < -0.3 is 4.74 Å².